The second-order valence-corrected chi connectivity index (χ2v) is 3.72. The van der Waals surface area contributed by atoms with Gasteiger partial charge in [-0.25, -0.2) is 4.79 Å². The van der Waals surface area contributed by atoms with Gasteiger partial charge in [0.05, 0.1) is 0 Å². The van der Waals surface area contributed by atoms with Crippen LogP contribution in [-0.4, -0.2) is 32.8 Å². The van der Waals surface area contributed by atoms with Crippen molar-refractivity contribution in [1.82, 2.24) is 10.6 Å². The molecule has 0 aromatic heterocycles. The summed E-state index contributed by atoms with van der Waals surface area (Å²) >= 11 is 0. The molecule has 0 bridgehead atoms. The van der Waals surface area contributed by atoms with Crippen molar-refractivity contribution >= 4 is 12.0 Å². The van der Waals surface area contributed by atoms with Crippen LogP contribution in [0.5, 0.6) is 5.75 Å². The van der Waals surface area contributed by atoms with Crippen molar-refractivity contribution in [2.24, 2.45) is 5.11 Å². The third-order valence-corrected chi connectivity index (χ3v) is 2.45. The van der Waals surface area contributed by atoms with Gasteiger partial charge < -0.3 is 20.1 Å². The SMILES string of the molecule is C.C.CNC(=O)OC(C(=O)NC)c1ccc(OCN=[N+]=[N-])cc1. The average Bonchev–Trinajstić information content (AvgIpc) is 2.52. The van der Waals surface area contributed by atoms with E-state index in [1.54, 1.807) is 24.3 Å². The van der Waals surface area contributed by atoms with Crippen LogP contribution in [-0.2, 0) is 9.53 Å². The molecule has 2 N–H and O–H groups in total. The molecule has 1 aromatic carbocycles. The number of nitrogens with zero attached hydrogens (tertiary/aromatic N) is 3. The van der Waals surface area contributed by atoms with Gasteiger partial charge in [0.1, 0.15) is 5.75 Å². The van der Waals surface area contributed by atoms with Gasteiger partial charge in [-0.1, -0.05) is 32.1 Å². The second-order valence-electron chi connectivity index (χ2n) is 3.72. The summed E-state index contributed by atoms with van der Waals surface area (Å²) in [5, 5.41) is 7.93. The fourth-order valence-electron chi connectivity index (χ4n) is 1.44. The third kappa shape index (κ3) is 7.05. The molecular weight excluding hydrogens is 302 g/mol. The zero-order valence-electron chi connectivity index (χ0n) is 11.6. The predicted octanol–water partition coefficient (Wildman–Crippen LogP) is 2.75. The fraction of sp³-hybridized carbons (Fsp3) is 0.429. The summed E-state index contributed by atoms with van der Waals surface area (Å²) < 4.78 is 10.1. The number of carbonyl (C=O) groups excluding carboxylic acids is 2. The fourth-order valence-corrected chi connectivity index (χ4v) is 1.44. The molecule has 1 atom stereocenters. The normalized spacial score (nSPS) is 9.83. The number of carbonyl (C=O) groups is 2. The van der Waals surface area contributed by atoms with Crippen LogP contribution in [0.1, 0.15) is 26.5 Å². The number of alkyl carbamates (subject to hydrolysis) is 1. The molecule has 0 saturated carbocycles. The van der Waals surface area contributed by atoms with Crippen molar-refractivity contribution < 1.29 is 19.1 Å². The van der Waals surface area contributed by atoms with E-state index in [-0.39, 0.29) is 21.6 Å². The van der Waals surface area contributed by atoms with Gasteiger partial charge in [-0.05, 0) is 17.7 Å². The van der Waals surface area contributed by atoms with Crippen LogP contribution in [0.2, 0.25) is 0 Å². The van der Waals surface area contributed by atoms with E-state index in [0.29, 0.717) is 11.3 Å². The summed E-state index contributed by atoms with van der Waals surface area (Å²) in [6.07, 6.45) is -1.78. The van der Waals surface area contributed by atoms with Crippen LogP contribution in [0.25, 0.3) is 10.4 Å². The molecule has 128 valence electrons. The molecule has 1 unspecified atom stereocenters. The highest BCUT2D eigenvalue weighted by molar-refractivity contribution is 5.84. The Balaban J connectivity index is 0. The summed E-state index contributed by atoms with van der Waals surface area (Å²) in [4.78, 5) is 25.6. The van der Waals surface area contributed by atoms with Gasteiger partial charge in [-0.2, -0.15) is 0 Å². The number of hydrogen-bond donors (Lipinski definition) is 2. The van der Waals surface area contributed by atoms with E-state index < -0.39 is 18.1 Å². The van der Waals surface area contributed by atoms with E-state index in [1.807, 2.05) is 0 Å². The van der Waals surface area contributed by atoms with Crippen LogP contribution >= 0.6 is 0 Å². The molecule has 0 saturated heterocycles. The Bertz CT molecular complexity index is 541. The average molecular weight is 325 g/mol. The molecule has 1 aromatic rings. The summed E-state index contributed by atoms with van der Waals surface area (Å²) in [5.41, 5.74) is 8.62. The maximum absolute atomic E-state index is 11.8. The first-order valence-corrected chi connectivity index (χ1v) is 5.96. The van der Waals surface area contributed by atoms with Crippen LogP contribution in [0, 0.1) is 0 Å². The number of rotatable bonds is 6. The highest BCUT2D eigenvalue weighted by atomic mass is 16.6. The summed E-state index contributed by atoms with van der Waals surface area (Å²) in [5.74, 6) is 0.00287. The van der Waals surface area contributed by atoms with Gasteiger partial charge in [0.2, 0.25) is 6.10 Å². The predicted molar refractivity (Wildman–Crippen MR) is 86.9 cm³/mol. The quantitative estimate of drug-likeness (QED) is 0.473. The minimum Gasteiger partial charge on any atom is -0.488 e. The van der Waals surface area contributed by atoms with Crippen LogP contribution < -0.4 is 15.4 Å². The Hall–Kier alpha value is -2.93. The zero-order valence-corrected chi connectivity index (χ0v) is 11.6. The molecule has 23 heavy (non-hydrogen) atoms. The molecule has 0 aliphatic heterocycles. The monoisotopic (exact) mass is 325 g/mol. The molecule has 9 nitrogen and oxygen atoms in total. The van der Waals surface area contributed by atoms with Crippen LogP contribution in [0.3, 0.4) is 0 Å². The van der Waals surface area contributed by atoms with Crippen molar-refractivity contribution in [1.29, 1.82) is 0 Å². The summed E-state index contributed by atoms with van der Waals surface area (Å²) in [7, 11) is 2.84. The first-order valence-electron chi connectivity index (χ1n) is 5.96. The van der Waals surface area contributed by atoms with E-state index in [0.717, 1.165) is 0 Å². The van der Waals surface area contributed by atoms with Gasteiger partial charge >= 0.3 is 6.09 Å². The van der Waals surface area contributed by atoms with E-state index in [9.17, 15) is 9.59 Å². The number of azide groups is 1. The highest BCUT2D eigenvalue weighted by Gasteiger charge is 2.23. The van der Waals surface area contributed by atoms with Gasteiger partial charge in [-0.3, -0.25) is 4.79 Å². The summed E-state index contributed by atoms with van der Waals surface area (Å²) in [6.45, 7) is -0.135. The number of nitrogens with one attached hydrogen (secondary N) is 2. The Kier molecular flexibility index (Phi) is 11.4. The van der Waals surface area contributed by atoms with E-state index in [4.69, 9.17) is 15.0 Å². The standard InChI is InChI=1S/C12H15N5O4.2CH4/c1-14-11(18)10(21-12(19)15-2)8-3-5-9(6-4-8)20-7-16-17-13;;/h3-6,10H,7H2,1-2H3,(H,14,18)(H,15,19);2*1H4. The van der Waals surface area contributed by atoms with Crippen molar-refractivity contribution in [3.05, 3.63) is 40.3 Å². The zero-order chi connectivity index (χ0) is 15.7. The minimum atomic E-state index is -1.07. The van der Waals surface area contributed by atoms with Crippen LogP contribution in [0.15, 0.2) is 29.4 Å². The summed E-state index contributed by atoms with van der Waals surface area (Å²) in [6, 6.07) is 6.30. The van der Waals surface area contributed by atoms with E-state index in [1.165, 1.54) is 14.1 Å². The molecule has 0 heterocycles. The van der Waals surface area contributed by atoms with Crippen molar-refractivity contribution in [3.63, 3.8) is 0 Å². The number of benzene rings is 1. The molecule has 0 radical (unpaired) electrons. The lowest BCUT2D eigenvalue weighted by atomic mass is 10.1. The maximum Gasteiger partial charge on any atom is 0.408 e. The highest BCUT2D eigenvalue weighted by Crippen LogP contribution is 2.21. The Morgan fingerprint density at radius 2 is 1.83 bits per heavy atom. The Morgan fingerprint density at radius 1 is 1.22 bits per heavy atom. The molecule has 2 amide bonds. The number of amides is 2. The van der Waals surface area contributed by atoms with Crippen molar-refractivity contribution in [2.75, 3.05) is 20.8 Å². The van der Waals surface area contributed by atoms with Gasteiger partial charge in [-0.15, -0.1) is 0 Å². The molecule has 0 aliphatic rings. The van der Waals surface area contributed by atoms with Crippen molar-refractivity contribution in [3.8, 4) is 5.75 Å². The smallest absolute Gasteiger partial charge is 0.408 e. The molecular formula is C14H23N5O4. The molecule has 0 spiro atoms. The second kappa shape index (κ2) is 11.7. The van der Waals surface area contributed by atoms with Crippen LogP contribution in [0.4, 0.5) is 4.79 Å². The molecule has 0 fully saturated rings. The number of likely N-dealkylation sites (N-methyl/N-ethyl adjacent to an activating group) is 1. The Morgan fingerprint density at radius 3 is 2.30 bits per heavy atom. The minimum absolute atomic E-state index is 0. The first-order chi connectivity index (χ1) is 10.1. The lowest BCUT2D eigenvalue weighted by Gasteiger charge is -2.16. The van der Waals surface area contributed by atoms with Gasteiger partial charge in [0, 0.05) is 24.6 Å². The van der Waals surface area contributed by atoms with Crippen molar-refractivity contribution in [2.45, 2.75) is 21.0 Å². The first kappa shape index (κ1) is 22.4. The largest absolute Gasteiger partial charge is 0.488 e. The third-order valence-electron chi connectivity index (χ3n) is 2.45. The topological polar surface area (TPSA) is 125 Å². The lowest BCUT2D eigenvalue weighted by molar-refractivity contribution is -0.129. The number of ether oxygens (including phenoxy) is 2. The molecule has 1 rings (SSSR count). The van der Waals surface area contributed by atoms with Gasteiger partial charge in [0.15, 0.2) is 6.73 Å². The lowest BCUT2D eigenvalue weighted by Crippen LogP contribution is -2.32. The molecule has 0 aliphatic carbocycles. The number of hydrogen-bond acceptors (Lipinski definition) is 5. The maximum atomic E-state index is 11.8. The van der Waals surface area contributed by atoms with E-state index >= 15 is 0 Å². The van der Waals surface area contributed by atoms with E-state index in [2.05, 4.69) is 20.7 Å². The van der Waals surface area contributed by atoms with Gasteiger partial charge in [0.25, 0.3) is 5.91 Å². The Labute approximate surface area is 135 Å². The molecule has 9 heteroatoms.